The Morgan fingerprint density at radius 2 is 2.14 bits per heavy atom. The van der Waals surface area contributed by atoms with Crippen LogP contribution in [0.2, 0.25) is 0 Å². The number of nitrogens with two attached hydrogens (primary N) is 1. The molecule has 0 aliphatic rings. The molecule has 2 rings (SSSR count). The first-order valence-electron chi connectivity index (χ1n) is 4.03. The minimum atomic E-state index is -0.304. The van der Waals surface area contributed by atoms with Gasteiger partial charge in [-0.3, -0.25) is 4.79 Å². The molecule has 0 spiro atoms. The lowest BCUT2D eigenvalue weighted by atomic mass is 10.1. The van der Waals surface area contributed by atoms with Crippen LogP contribution in [0.4, 0.5) is 5.69 Å². The molecule has 0 atom stereocenters. The smallest absolute Gasteiger partial charge is 0.271 e. The second kappa shape index (κ2) is 2.89. The van der Waals surface area contributed by atoms with E-state index in [4.69, 9.17) is 11.0 Å². The number of nitriles is 1. The number of aromatic amines is 1. The number of nitrogens with one attached hydrogen (secondary N) is 1. The molecule has 0 saturated heterocycles. The number of hydrogen-bond donors (Lipinski definition) is 2. The van der Waals surface area contributed by atoms with E-state index in [9.17, 15) is 4.79 Å². The first-order valence-corrected chi connectivity index (χ1v) is 4.03. The number of H-pyrrole nitrogens is 1. The van der Waals surface area contributed by atoms with Crippen LogP contribution in [0.3, 0.4) is 0 Å². The van der Waals surface area contributed by atoms with Gasteiger partial charge >= 0.3 is 0 Å². The summed E-state index contributed by atoms with van der Waals surface area (Å²) in [5.74, 6) is 0. The van der Waals surface area contributed by atoms with Gasteiger partial charge in [0.2, 0.25) is 0 Å². The zero-order valence-corrected chi connectivity index (χ0v) is 7.24. The maximum absolute atomic E-state index is 11.1. The largest absolute Gasteiger partial charge is 0.394 e. The summed E-state index contributed by atoms with van der Waals surface area (Å²) in [5.41, 5.74) is 6.54. The average molecular weight is 185 g/mol. The van der Waals surface area contributed by atoms with Crippen LogP contribution in [-0.4, -0.2) is 4.98 Å². The molecule has 0 aliphatic heterocycles. The molecule has 0 unspecified atom stereocenters. The average Bonchev–Trinajstić information content (AvgIpc) is 2.19. The Morgan fingerprint density at radius 3 is 2.86 bits per heavy atom. The number of anilines is 1. The number of fused-ring (bicyclic) bond motifs is 1. The summed E-state index contributed by atoms with van der Waals surface area (Å²) in [5, 5.41) is 9.43. The van der Waals surface area contributed by atoms with E-state index in [0.29, 0.717) is 11.1 Å². The fourth-order valence-corrected chi connectivity index (χ4v) is 1.29. The first kappa shape index (κ1) is 8.32. The van der Waals surface area contributed by atoms with Gasteiger partial charge in [-0.25, -0.2) is 0 Å². The summed E-state index contributed by atoms with van der Waals surface area (Å²) >= 11 is 0. The SMILES string of the molecule is N#Cc1ccc2[nH]c(=O)c(N)cc2c1. The second-order valence-electron chi connectivity index (χ2n) is 2.97. The number of rotatable bonds is 0. The molecule has 0 aliphatic carbocycles. The van der Waals surface area contributed by atoms with Gasteiger partial charge in [-0.15, -0.1) is 0 Å². The number of pyridine rings is 1. The molecular formula is C10H7N3O. The Balaban J connectivity index is 2.85. The van der Waals surface area contributed by atoms with Crippen LogP contribution in [0.5, 0.6) is 0 Å². The lowest BCUT2D eigenvalue weighted by molar-refractivity contribution is 1.31. The molecule has 0 radical (unpaired) electrons. The van der Waals surface area contributed by atoms with Crippen molar-refractivity contribution in [1.29, 1.82) is 5.26 Å². The summed E-state index contributed by atoms with van der Waals surface area (Å²) < 4.78 is 0. The topological polar surface area (TPSA) is 82.7 Å². The lowest BCUT2D eigenvalue weighted by Gasteiger charge is -1.98. The van der Waals surface area contributed by atoms with Gasteiger partial charge in [-0.05, 0) is 24.3 Å². The predicted octanol–water partition coefficient (Wildman–Crippen LogP) is 0.982. The highest BCUT2D eigenvalue weighted by atomic mass is 16.1. The van der Waals surface area contributed by atoms with Crippen molar-refractivity contribution in [3.8, 4) is 6.07 Å². The highest BCUT2D eigenvalue weighted by Gasteiger charge is 1.99. The molecule has 2 aromatic rings. The third-order valence-electron chi connectivity index (χ3n) is 2.00. The molecule has 3 N–H and O–H groups in total. The van der Waals surface area contributed by atoms with Crippen LogP contribution in [0.25, 0.3) is 10.9 Å². The van der Waals surface area contributed by atoms with Crippen molar-refractivity contribution in [2.75, 3.05) is 5.73 Å². The summed E-state index contributed by atoms with van der Waals surface area (Å²) in [7, 11) is 0. The van der Waals surface area contributed by atoms with Crippen molar-refractivity contribution in [2.24, 2.45) is 0 Å². The molecule has 14 heavy (non-hydrogen) atoms. The molecule has 4 nitrogen and oxygen atoms in total. The molecular weight excluding hydrogens is 178 g/mol. The molecule has 0 bridgehead atoms. The van der Waals surface area contributed by atoms with Crippen LogP contribution in [0.1, 0.15) is 5.56 Å². The second-order valence-corrected chi connectivity index (χ2v) is 2.97. The van der Waals surface area contributed by atoms with Gasteiger partial charge in [-0.2, -0.15) is 5.26 Å². The monoisotopic (exact) mass is 185 g/mol. The molecule has 68 valence electrons. The van der Waals surface area contributed by atoms with E-state index in [1.54, 1.807) is 24.3 Å². The Hall–Kier alpha value is -2.28. The Kier molecular flexibility index (Phi) is 1.72. The van der Waals surface area contributed by atoms with Crippen molar-refractivity contribution >= 4 is 16.6 Å². The van der Waals surface area contributed by atoms with Gasteiger partial charge in [0.15, 0.2) is 0 Å². The first-order chi connectivity index (χ1) is 6.70. The van der Waals surface area contributed by atoms with Gasteiger partial charge in [0.1, 0.15) is 0 Å². The van der Waals surface area contributed by atoms with E-state index in [-0.39, 0.29) is 11.2 Å². The van der Waals surface area contributed by atoms with Gasteiger partial charge < -0.3 is 10.7 Å². The molecule has 1 heterocycles. The summed E-state index contributed by atoms with van der Waals surface area (Å²) in [6, 6.07) is 8.60. The predicted molar refractivity (Wildman–Crippen MR) is 53.7 cm³/mol. The van der Waals surface area contributed by atoms with E-state index in [1.165, 1.54) is 0 Å². The molecule has 0 saturated carbocycles. The maximum atomic E-state index is 11.1. The van der Waals surface area contributed by atoms with E-state index >= 15 is 0 Å². The standard InChI is InChI=1S/C10H7N3O/c11-5-6-1-2-9-7(3-6)4-8(12)10(14)13-9/h1-4H,12H2,(H,13,14). The van der Waals surface area contributed by atoms with Gasteiger partial charge in [0, 0.05) is 10.9 Å². The molecule has 1 aromatic carbocycles. The molecule has 1 aromatic heterocycles. The maximum Gasteiger partial charge on any atom is 0.271 e. The molecule has 4 heteroatoms. The fourth-order valence-electron chi connectivity index (χ4n) is 1.29. The highest BCUT2D eigenvalue weighted by Crippen LogP contribution is 2.13. The van der Waals surface area contributed by atoms with E-state index in [1.807, 2.05) is 6.07 Å². The summed E-state index contributed by atoms with van der Waals surface area (Å²) in [6.07, 6.45) is 0. The number of nitrogen functional groups attached to an aromatic ring is 1. The number of aromatic nitrogens is 1. The van der Waals surface area contributed by atoms with Gasteiger partial charge in [-0.1, -0.05) is 0 Å². The molecule has 0 amide bonds. The Labute approximate surface area is 79.6 Å². The van der Waals surface area contributed by atoms with Crippen molar-refractivity contribution in [3.63, 3.8) is 0 Å². The lowest BCUT2D eigenvalue weighted by Crippen LogP contribution is -2.10. The number of benzene rings is 1. The zero-order valence-electron chi connectivity index (χ0n) is 7.24. The van der Waals surface area contributed by atoms with E-state index in [2.05, 4.69) is 4.98 Å². The minimum Gasteiger partial charge on any atom is -0.394 e. The minimum absolute atomic E-state index is 0.160. The van der Waals surface area contributed by atoms with Gasteiger partial charge in [0.05, 0.1) is 17.3 Å². The summed E-state index contributed by atoms with van der Waals surface area (Å²) in [6.45, 7) is 0. The zero-order chi connectivity index (χ0) is 10.1. The molecule has 0 fully saturated rings. The van der Waals surface area contributed by atoms with Crippen molar-refractivity contribution in [1.82, 2.24) is 4.98 Å². The third kappa shape index (κ3) is 1.21. The quantitative estimate of drug-likeness (QED) is 0.641. The Bertz CT molecular complexity index is 592. The van der Waals surface area contributed by atoms with Crippen molar-refractivity contribution < 1.29 is 0 Å². The number of nitrogens with zero attached hydrogens (tertiary/aromatic N) is 1. The Morgan fingerprint density at radius 1 is 1.36 bits per heavy atom. The highest BCUT2D eigenvalue weighted by molar-refractivity contribution is 5.82. The summed E-state index contributed by atoms with van der Waals surface area (Å²) in [4.78, 5) is 13.8. The van der Waals surface area contributed by atoms with E-state index in [0.717, 1.165) is 5.39 Å². The normalized spacial score (nSPS) is 9.93. The number of hydrogen-bond acceptors (Lipinski definition) is 3. The van der Waals surface area contributed by atoms with E-state index < -0.39 is 0 Å². The van der Waals surface area contributed by atoms with Crippen LogP contribution in [0, 0.1) is 11.3 Å². The fraction of sp³-hybridized carbons (Fsp3) is 0. The third-order valence-corrected chi connectivity index (χ3v) is 2.00. The van der Waals surface area contributed by atoms with Crippen LogP contribution >= 0.6 is 0 Å². The van der Waals surface area contributed by atoms with Crippen LogP contribution in [0.15, 0.2) is 29.1 Å². The van der Waals surface area contributed by atoms with Crippen LogP contribution in [-0.2, 0) is 0 Å². The van der Waals surface area contributed by atoms with Crippen molar-refractivity contribution in [3.05, 3.63) is 40.2 Å². The van der Waals surface area contributed by atoms with Crippen LogP contribution < -0.4 is 11.3 Å². The van der Waals surface area contributed by atoms with Crippen molar-refractivity contribution in [2.45, 2.75) is 0 Å². The van der Waals surface area contributed by atoms with Gasteiger partial charge in [0.25, 0.3) is 5.56 Å².